The number of carbonyl (C=O) groups excluding carboxylic acids is 1. The predicted octanol–water partition coefficient (Wildman–Crippen LogP) is 5.77. The number of halogens is 1. The van der Waals surface area contributed by atoms with E-state index in [0.717, 1.165) is 31.8 Å². The molecule has 3 aliphatic rings. The van der Waals surface area contributed by atoms with E-state index in [9.17, 15) is 9.18 Å². The summed E-state index contributed by atoms with van der Waals surface area (Å²) < 4.78 is 13.8. The molecule has 2 unspecified atom stereocenters. The summed E-state index contributed by atoms with van der Waals surface area (Å²) in [7, 11) is 0. The second-order valence-corrected chi connectivity index (χ2v) is 9.60. The molecule has 2 amide bonds. The lowest BCUT2D eigenvalue weighted by molar-refractivity contribution is 0.125. The molecule has 5 heteroatoms. The zero-order valence-corrected chi connectivity index (χ0v) is 18.3. The Morgan fingerprint density at radius 3 is 2.74 bits per heavy atom. The number of hydrogen-bond acceptors (Lipinski definition) is 2. The third-order valence-electron chi connectivity index (χ3n) is 7.41. The Labute approximate surface area is 183 Å². The van der Waals surface area contributed by atoms with Crippen LogP contribution in [0.1, 0.15) is 56.6 Å². The Bertz CT molecular complexity index is 1020. The lowest BCUT2D eigenvalue weighted by Crippen LogP contribution is -2.57. The second kappa shape index (κ2) is 7.86. The molecular weight excluding hydrogens is 389 g/mol. The summed E-state index contributed by atoms with van der Waals surface area (Å²) in [6.45, 7) is 6.35. The molecule has 4 nitrogen and oxygen atoms in total. The fourth-order valence-electron chi connectivity index (χ4n) is 5.40. The van der Waals surface area contributed by atoms with Crippen molar-refractivity contribution in [2.75, 3.05) is 11.4 Å². The molecular formula is C26H30FN3O. The maximum Gasteiger partial charge on any atom is 0.348 e. The quantitative estimate of drug-likeness (QED) is 0.616. The van der Waals surface area contributed by atoms with Crippen LogP contribution in [0.4, 0.5) is 14.9 Å². The summed E-state index contributed by atoms with van der Waals surface area (Å²) in [5.74, 6) is 1.16. The molecule has 0 bridgehead atoms. The highest BCUT2D eigenvalue weighted by Gasteiger charge is 2.47. The smallest absolute Gasteiger partial charge is 0.296 e. The molecule has 0 aromatic heterocycles. The summed E-state index contributed by atoms with van der Waals surface area (Å²) in [6, 6.07) is 15.3. The summed E-state index contributed by atoms with van der Waals surface area (Å²) in [5.41, 5.74) is 2.92. The molecule has 2 aliphatic heterocycles. The Hall–Kier alpha value is -2.53. The minimum absolute atomic E-state index is 0.284. The molecule has 2 heterocycles. The van der Waals surface area contributed by atoms with Crippen LogP contribution >= 0.6 is 0 Å². The Balaban J connectivity index is 1.31. The van der Waals surface area contributed by atoms with E-state index in [4.69, 9.17) is 0 Å². The summed E-state index contributed by atoms with van der Waals surface area (Å²) in [5, 5.41) is 0. The summed E-state index contributed by atoms with van der Waals surface area (Å²) >= 11 is 0. The van der Waals surface area contributed by atoms with Crippen LogP contribution in [-0.2, 0) is 6.54 Å². The van der Waals surface area contributed by atoms with Crippen LogP contribution in [0.3, 0.4) is 0 Å². The molecule has 3 atom stereocenters. The number of piperidine rings is 1. The normalized spacial score (nSPS) is 27.3. The van der Waals surface area contributed by atoms with E-state index < -0.39 is 5.54 Å². The van der Waals surface area contributed by atoms with Crippen LogP contribution in [0.15, 0.2) is 53.5 Å². The van der Waals surface area contributed by atoms with Crippen molar-refractivity contribution in [3.8, 4) is 0 Å². The number of hydrogen-bond donors (Lipinski definition) is 0. The van der Waals surface area contributed by atoms with Crippen LogP contribution in [0.5, 0.6) is 0 Å². The predicted molar refractivity (Wildman–Crippen MR) is 122 cm³/mol. The van der Waals surface area contributed by atoms with Crippen molar-refractivity contribution in [1.29, 1.82) is 0 Å². The maximum atomic E-state index is 13.8. The van der Waals surface area contributed by atoms with Gasteiger partial charge in [-0.15, -0.1) is 0 Å². The van der Waals surface area contributed by atoms with Crippen molar-refractivity contribution in [3.05, 3.63) is 65.5 Å². The van der Waals surface area contributed by atoms with E-state index in [0.29, 0.717) is 11.6 Å². The van der Waals surface area contributed by atoms with Gasteiger partial charge in [-0.1, -0.05) is 37.3 Å². The highest BCUT2D eigenvalue weighted by molar-refractivity contribution is 6.08. The van der Waals surface area contributed by atoms with Crippen LogP contribution in [0.25, 0.3) is 0 Å². The van der Waals surface area contributed by atoms with Gasteiger partial charge in [0.05, 0.1) is 5.54 Å². The van der Waals surface area contributed by atoms with E-state index >= 15 is 0 Å². The lowest BCUT2D eigenvalue weighted by atomic mass is 9.83. The monoisotopic (exact) mass is 419 g/mol. The largest absolute Gasteiger partial charge is 0.348 e. The van der Waals surface area contributed by atoms with Crippen molar-refractivity contribution >= 4 is 17.9 Å². The molecule has 1 spiro atoms. The van der Waals surface area contributed by atoms with Crippen molar-refractivity contribution in [1.82, 2.24) is 4.90 Å². The van der Waals surface area contributed by atoms with E-state index in [1.54, 1.807) is 23.2 Å². The van der Waals surface area contributed by atoms with Gasteiger partial charge in [0.2, 0.25) is 0 Å². The van der Waals surface area contributed by atoms with E-state index in [-0.39, 0.29) is 17.9 Å². The first-order chi connectivity index (χ1) is 14.9. The number of rotatable bonds is 5. The molecule has 31 heavy (non-hydrogen) atoms. The minimum Gasteiger partial charge on any atom is -0.296 e. The molecule has 0 radical (unpaired) electrons. The van der Waals surface area contributed by atoms with Gasteiger partial charge in [-0.25, -0.2) is 14.2 Å². The molecule has 5 rings (SSSR count). The molecule has 1 saturated carbocycles. The lowest BCUT2D eigenvalue weighted by Gasteiger charge is -2.46. The van der Waals surface area contributed by atoms with E-state index in [1.807, 2.05) is 0 Å². The van der Waals surface area contributed by atoms with Crippen molar-refractivity contribution in [2.24, 2.45) is 10.9 Å². The highest BCUT2D eigenvalue weighted by atomic mass is 19.1. The van der Waals surface area contributed by atoms with Crippen LogP contribution in [0, 0.1) is 11.7 Å². The Kier molecular flexibility index (Phi) is 5.17. The van der Waals surface area contributed by atoms with Crippen molar-refractivity contribution < 1.29 is 9.18 Å². The second-order valence-electron chi connectivity index (χ2n) is 9.60. The number of nitrogens with zero attached hydrogens (tertiary/aromatic N) is 3. The first kappa shape index (κ1) is 20.4. The average molecular weight is 420 g/mol. The van der Waals surface area contributed by atoms with Crippen LogP contribution in [-0.4, -0.2) is 35.3 Å². The molecule has 0 N–H and O–H groups in total. The molecule has 2 aromatic carbocycles. The van der Waals surface area contributed by atoms with Gasteiger partial charge in [0.1, 0.15) is 5.82 Å². The fourth-order valence-corrected chi connectivity index (χ4v) is 5.40. The molecule has 1 saturated heterocycles. The van der Waals surface area contributed by atoms with Gasteiger partial charge in [0.25, 0.3) is 0 Å². The zero-order chi connectivity index (χ0) is 21.6. The van der Waals surface area contributed by atoms with Gasteiger partial charge >= 0.3 is 6.03 Å². The minimum atomic E-state index is -0.469. The van der Waals surface area contributed by atoms with Gasteiger partial charge < -0.3 is 0 Å². The third kappa shape index (κ3) is 3.91. The Morgan fingerprint density at radius 1 is 1.19 bits per heavy atom. The molecule has 1 aliphatic carbocycles. The first-order valence-electron chi connectivity index (χ1n) is 11.4. The van der Waals surface area contributed by atoms with Gasteiger partial charge in [0, 0.05) is 31.0 Å². The van der Waals surface area contributed by atoms with E-state index in [1.165, 1.54) is 36.1 Å². The fraction of sp³-hybridized carbons (Fsp3) is 0.462. The van der Waals surface area contributed by atoms with Crippen LogP contribution in [0.2, 0.25) is 0 Å². The number of urea groups is 1. The molecule has 2 fully saturated rings. The zero-order valence-electron chi connectivity index (χ0n) is 18.3. The SMILES string of the molecule is CC1CC2(C=NC(=O)N2c2cccc(F)c2)CCN1Cc1cccc([C@@H](C)C2CC2)c1. The number of amides is 2. The maximum absolute atomic E-state index is 13.8. The number of benzene rings is 2. The number of carbonyl (C=O) groups is 1. The van der Waals surface area contributed by atoms with Gasteiger partial charge in [-0.05, 0) is 73.8 Å². The molecule has 2 aromatic rings. The molecule has 162 valence electrons. The first-order valence-corrected chi connectivity index (χ1v) is 11.4. The topological polar surface area (TPSA) is 35.9 Å². The Morgan fingerprint density at radius 2 is 2.00 bits per heavy atom. The highest BCUT2D eigenvalue weighted by Crippen LogP contribution is 2.42. The van der Waals surface area contributed by atoms with Gasteiger partial charge in [-0.3, -0.25) is 9.80 Å². The third-order valence-corrected chi connectivity index (χ3v) is 7.41. The van der Waals surface area contributed by atoms with Gasteiger partial charge in [0.15, 0.2) is 0 Å². The van der Waals surface area contributed by atoms with Crippen LogP contribution < -0.4 is 4.90 Å². The van der Waals surface area contributed by atoms with Crippen molar-refractivity contribution in [3.63, 3.8) is 0 Å². The number of aliphatic imine (C=N–C) groups is 1. The average Bonchev–Trinajstić information content (AvgIpc) is 3.55. The standard InChI is InChI=1S/C26H30FN3O/c1-18-15-26(17-28-25(31)30(26)24-8-4-7-23(27)14-24)11-12-29(18)16-20-5-3-6-22(13-20)19(2)21-9-10-21/h3-8,13-14,17-19,21H,9-12,15-16H2,1-2H3/t18?,19-,26?/m0/s1. The summed E-state index contributed by atoms with van der Waals surface area (Å²) in [4.78, 5) is 20.9. The van der Waals surface area contributed by atoms with Crippen molar-refractivity contribution in [2.45, 2.75) is 63.6 Å². The number of likely N-dealkylation sites (tertiary alicyclic amines) is 1. The van der Waals surface area contributed by atoms with E-state index in [2.05, 4.69) is 48.0 Å². The van der Waals surface area contributed by atoms with Gasteiger partial charge in [-0.2, -0.15) is 0 Å². The number of anilines is 1. The summed E-state index contributed by atoms with van der Waals surface area (Å²) in [6.07, 6.45) is 6.10.